The molecular formula is C32H32BrN3O3S. The molecule has 1 aromatic heterocycles. The second kappa shape index (κ2) is 12.9. The molecule has 1 fully saturated rings. The van der Waals surface area contributed by atoms with Crippen LogP contribution in [0.25, 0.3) is 11.1 Å². The van der Waals surface area contributed by atoms with Gasteiger partial charge < -0.3 is 5.32 Å². The van der Waals surface area contributed by atoms with Gasteiger partial charge in [0.1, 0.15) is 0 Å². The Morgan fingerprint density at radius 2 is 1.45 bits per heavy atom. The van der Waals surface area contributed by atoms with Gasteiger partial charge in [-0.25, -0.2) is 8.42 Å². The number of sulfonamides is 1. The SMILES string of the molecule is O=C(NC1CCCCC1)c1ccc(-c2ccc(CN(Cc3cccnc3)S(=O)(=O)c3ccc(Br)cc3)cc2)cc1. The van der Waals surface area contributed by atoms with Gasteiger partial charge in [-0.05, 0) is 77.6 Å². The molecule has 1 aliphatic rings. The van der Waals surface area contributed by atoms with Crippen LogP contribution in [0.2, 0.25) is 0 Å². The van der Waals surface area contributed by atoms with Crippen LogP contribution in [0.1, 0.15) is 53.6 Å². The zero-order valence-electron chi connectivity index (χ0n) is 22.2. The summed E-state index contributed by atoms with van der Waals surface area (Å²) in [5, 5.41) is 3.17. The number of aromatic nitrogens is 1. The molecule has 0 spiro atoms. The van der Waals surface area contributed by atoms with E-state index in [1.54, 1.807) is 42.7 Å². The standard InChI is InChI=1S/C32H32BrN3O3S/c33-29-16-18-31(19-17-29)40(38,39)36(23-25-5-4-20-34-21-25)22-24-8-10-26(11-9-24)27-12-14-28(15-13-27)32(37)35-30-6-2-1-3-7-30/h4-5,8-21,30H,1-3,6-7,22-23H2,(H,35,37). The molecule has 1 heterocycles. The molecule has 0 saturated heterocycles. The quantitative estimate of drug-likeness (QED) is 0.220. The number of benzene rings is 3. The van der Waals surface area contributed by atoms with E-state index in [2.05, 4.69) is 26.2 Å². The van der Waals surface area contributed by atoms with Crippen molar-refractivity contribution in [2.75, 3.05) is 0 Å². The van der Waals surface area contributed by atoms with Crippen molar-refractivity contribution >= 4 is 31.9 Å². The van der Waals surface area contributed by atoms with Crippen LogP contribution in [0.15, 0.2) is 107 Å². The van der Waals surface area contributed by atoms with E-state index < -0.39 is 10.0 Å². The van der Waals surface area contributed by atoms with Crippen molar-refractivity contribution in [2.45, 2.75) is 56.1 Å². The summed E-state index contributed by atoms with van der Waals surface area (Å²) in [6.45, 7) is 0.423. The first-order valence-corrected chi connectivity index (χ1v) is 15.8. The van der Waals surface area contributed by atoms with Crippen molar-refractivity contribution in [2.24, 2.45) is 0 Å². The third kappa shape index (κ3) is 7.05. The largest absolute Gasteiger partial charge is 0.349 e. The number of hydrogen-bond donors (Lipinski definition) is 1. The normalized spacial score (nSPS) is 14.2. The predicted octanol–water partition coefficient (Wildman–Crippen LogP) is 6.96. The van der Waals surface area contributed by atoms with Crippen molar-refractivity contribution < 1.29 is 13.2 Å². The van der Waals surface area contributed by atoms with E-state index in [1.165, 1.54) is 23.6 Å². The van der Waals surface area contributed by atoms with Crippen LogP contribution in [0.5, 0.6) is 0 Å². The van der Waals surface area contributed by atoms with Gasteiger partial charge in [-0.1, -0.05) is 77.7 Å². The summed E-state index contributed by atoms with van der Waals surface area (Å²) < 4.78 is 29.5. The fraction of sp³-hybridized carbons (Fsp3) is 0.250. The maximum absolute atomic E-state index is 13.6. The van der Waals surface area contributed by atoms with E-state index in [0.29, 0.717) is 5.56 Å². The first kappa shape index (κ1) is 28.2. The number of carbonyl (C=O) groups excluding carboxylic acids is 1. The van der Waals surface area contributed by atoms with E-state index in [-0.39, 0.29) is 29.9 Å². The molecule has 1 N–H and O–H groups in total. The summed E-state index contributed by atoms with van der Waals surface area (Å²) in [5.41, 5.74) is 4.34. The summed E-state index contributed by atoms with van der Waals surface area (Å²) in [7, 11) is -3.75. The van der Waals surface area contributed by atoms with E-state index in [0.717, 1.165) is 39.6 Å². The number of nitrogens with zero attached hydrogens (tertiary/aromatic N) is 2. The van der Waals surface area contributed by atoms with Gasteiger partial charge in [-0.15, -0.1) is 0 Å². The maximum Gasteiger partial charge on any atom is 0.251 e. The molecule has 0 atom stereocenters. The lowest BCUT2D eigenvalue weighted by Gasteiger charge is -2.23. The molecule has 4 aromatic rings. The number of nitrogens with one attached hydrogen (secondary N) is 1. The van der Waals surface area contributed by atoms with Crippen LogP contribution >= 0.6 is 15.9 Å². The van der Waals surface area contributed by atoms with Gasteiger partial charge in [0.05, 0.1) is 4.90 Å². The average Bonchev–Trinajstić information content (AvgIpc) is 2.98. The minimum Gasteiger partial charge on any atom is -0.349 e. The highest BCUT2D eigenvalue weighted by atomic mass is 79.9. The summed E-state index contributed by atoms with van der Waals surface area (Å²) in [6.07, 6.45) is 9.08. The van der Waals surface area contributed by atoms with Crippen LogP contribution in [0, 0.1) is 0 Å². The zero-order valence-corrected chi connectivity index (χ0v) is 24.6. The number of amides is 1. The third-order valence-corrected chi connectivity index (χ3v) is 9.60. The molecule has 1 amide bonds. The fourth-order valence-electron chi connectivity index (χ4n) is 5.01. The smallest absolute Gasteiger partial charge is 0.251 e. The Kier molecular flexibility index (Phi) is 9.09. The highest BCUT2D eigenvalue weighted by molar-refractivity contribution is 9.10. The summed E-state index contributed by atoms with van der Waals surface area (Å²) in [5.74, 6) is -0.0190. The van der Waals surface area contributed by atoms with Crippen molar-refractivity contribution in [3.05, 3.63) is 118 Å². The second-order valence-corrected chi connectivity index (χ2v) is 13.0. The van der Waals surface area contributed by atoms with Crippen LogP contribution < -0.4 is 5.32 Å². The Labute approximate surface area is 244 Å². The molecule has 0 aliphatic heterocycles. The maximum atomic E-state index is 13.6. The lowest BCUT2D eigenvalue weighted by Crippen LogP contribution is -2.36. The Hall–Kier alpha value is -3.33. The summed E-state index contributed by atoms with van der Waals surface area (Å²) >= 11 is 3.38. The van der Waals surface area contributed by atoms with Crippen molar-refractivity contribution in [3.63, 3.8) is 0 Å². The van der Waals surface area contributed by atoms with Gasteiger partial charge in [-0.2, -0.15) is 4.31 Å². The molecule has 8 heteroatoms. The second-order valence-electron chi connectivity index (χ2n) is 10.2. The molecule has 3 aromatic carbocycles. The van der Waals surface area contributed by atoms with Gasteiger partial charge in [0, 0.05) is 41.6 Å². The first-order valence-electron chi connectivity index (χ1n) is 13.5. The summed E-state index contributed by atoms with van der Waals surface area (Å²) in [4.78, 5) is 17.1. The van der Waals surface area contributed by atoms with Crippen LogP contribution in [0.3, 0.4) is 0 Å². The minimum atomic E-state index is -3.75. The molecule has 0 unspecified atom stereocenters. The number of halogens is 1. The van der Waals surface area contributed by atoms with Gasteiger partial charge in [-0.3, -0.25) is 9.78 Å². The summed E-state index contributed by atoms with van der Waals surface area (Å²) in [6, 6.07) is 26.1. The first-order chi connectivity index (χ1) is 19.4. The number of rotatable bonds is 9. The predicted molar refractivity (Wildman–Crippen MR) is 161 cm³/mol. The van der Waals surface area contributed by atoms with E-state index in [9.17, 15) is 13.2 Å². The monoisotopic (exact) mass is 617 g/mol. The Bertz CT molecular complexity index is 1520. The lowest BCUT2D eigenvalue weighted by molar-refractivity contribution is 0.0927. The molecule has 0 bridgehead atoms. The van der Waals surface area contributed by atoms with Crippen LogP contribution in [-0.4, -0.2) is 29.7 Å². The minimum absolute atomic E-state index is 0.0190. The molecule has 1 saturated carbocycles. The highest BCUT2D eigenvalue weighted by Crippen LogP contribution is 2.25. The lowest BCUT2D eigenvalue weighted by atomic mass is 9.95. The van der Waals surface area contributed by atoms with E-state index in [1.807, 2.05) is 54.6 Å². The number of hydrogen-bond acceptors (Lipinski definition) is 4. The topological polar surface area (TPSA) is 79.4 Å². The van der Waals surface area contributed by atoms with Gasteiger partial charge in [0.15, 0.2) is 0 Å². The molecule has 1 aliphatic carbocycles. The van der Waals surface area contributed by atoms with Gasteiger partial charge in [0.2, 0.25) is 10.0 Å². The van der Waals surface area contributed by atoms with Crippen molar-refractivity contribution in [1.82, 2.24) is 14.6 Å². The molecule has 5 rings (SSSR count). The molecule has 0 radical (unpaired) electrons. The third-order valence-electron chi connectivity index (χ3n) is 7.27. The number of pyridine rings is 1. The molecule has 6 nitrogen and oxygen atoms in total. The van der Waals surface area contributed by atoms with Gasteiger partial charge in [0.25, 0.3) is 5.91 Å². The van der Waals surface area contributed by atoms with E-state index >= 15 is 0 Å². The molecule has 40 heavy (non-hydrogen) atoms. The van der Waals surface area contributed by atoms with Crippen LogP contribution in [-0.2, 0) is 23.1 Å². The average molecular weight is 619 g/mol. The Morgan fingerprint density at radius 1 is 0.825 bits per heavy atom. The zero-order chi connectivity index (χ0) is 28.0. The van der Waals surface area contributed by atoms with Crippen molar-refractivity contribution in [1.29, 1.82) is 0 Å². The van der Waals surface area contributed by atoms with E-state index in [4.69, 9.17) is 0 Å². The fourth-order valence-corrected chi connectivity index (χ4v) is 6.69. The van der Waals surface area contributed by atoms with Crippen molar-refractivity contribution in [3.8, 4) is 11.1 Å². The van der Waals surface area contributed by atoms with Crippen LogP contribution in [0.4, 0.5) is 0 Å². The van der Waals surface area contributed by atoms with Gasteiger partial charge >= 0.3 is 0 Å². The highest BCUT2D eigenvalue weighted by Gasteiger charge is 2.25. The Balaban J connectivity index is 1.31. The Morgan fingerprint density at radius 3 is 2.08 bits per heavy atom. The molecular weight excluding hydrogens is 586 g/mol. The molecule has 206 valence electrons. The number of carbonyl (C=O) groups is 1.